The molecule has 0 saturated heterocycles. The third kappa shape index (κ3) is 7.47. The molecule has 318 valence electrons. The van der Waals surface area contributed by atoms with Gasteiger partial charge in [-0.1, -0.05) is 231 Å². The molecule has 0 heteroatoms. The molecule has 0 N–H and O–H groups in total. The van der Waals surface area contributed by atoms with Crippen LogP contribution in [0.25, 0.3) is 50.1 Å². The molecule has 3 aliphatic rings. The predicted molar refractivity (Wildman–Crippen MR) is 280 cm³/mol. The molecule has 0 heterocycles. The highest BCUT2D eigenvalue weighted by Crippen LogP contribution is 2.59. The van der Waals surface area contributed by atoms with Gasteiger partial charge >= 0.3 is 0 Å². The first-order valence-electron chi connectivity index (χ1n) is 23.7. The van der Waals surface area contributed by atoms with E-state index in [4.69, 9.17) is 0 Å². The Morgan fingerprint density at radius 2 is 1.21 bits per heavy atom. The second-order valence-electron chi connectivity index (χ2n) is 18.3. The molecule has 3 aliphatic carbocycles. The zero-order valence-electron chi connectivity index (χ0n) is 37.8. The van der Waals surface area contributed by atoms with E-state index < -0.39 is 0 Å². The quantitative estimate of drug-likeness (QED) is 0.122. The van der Waals surface area contributed by atoms with Crippen molar-refractivity contribution >= 4 is 5.57 Å². The minimum Gasteiger partial charge on any atom is -0.0905 e. The van der Waals surface area contributed by atoms with Crippen LogP contribution in [0.1, 0.15) is 76.1 Å². The molecular weight excluding hydrogens is 793 g/mol. The van der Waals surface area contributed by atoms with Crippen LogP contribution in [0, 0.1) is 6.92 Å². The Kier molecular flexibility index (Phi) is 11.1. The molecule has 2 unspecified atom stereocenters. The van der Waals surface area contributed by atoms with E-state index in [9.17, 15) is 0 Å². The number of allylic oxidation sites excluding steroid dienone is 8. The molecule has 0 amide bonds. The summed E-state index contributed by atoms with van der Waals surface area (Å²) in [7, 11) is 0. The molecule has 0 bridgehead atoms. The van der Waals surface area contributed by atoms with Gasteiger partial charge in [-0.05, 0) is 151 Å². The van der Waals surface area contributed by atoms with Crippen LogP contribution in [0.5, 0.6) is 0 Å². The summed E-state index contributed by atoms with van der Waals surface area (Å²) in [6, 6.07) is 72.1. The average Bonchev–Trinajstić information content (AvgIpc) is 3.69. The van der Waals surface area contributed by atoms with E-state index in [0.717, 1.165) is 48.8 Å². The molecule has 8 aromatic rings. The van der Waals surface area contributed by atoms with Crippen LogP contribution in [0.2, 0.25) is 0 Å². The smallest absolute Gasteiger partial charge is 0.0673 e. The van der Waals surface area contributed by atoms with Crippen molar-refractivity contribution in [3.63, 3.8) is 0 Å². The van der Waals surface area contributed by atoms with Crippen molar-refractivity contribution in [3.05, 3.63) is 293 Å². The Morgan fingerprint density at radius 3 is 1.97 bits per heavy atom. The number of benzene rings is 8. The topological polar surface area (TPSA) is 0 Å². The summed E-state index contributed by atoms with van der Waals surface area (Å²) >= 11 is 0. The van der Waals surface area contributed by atoms with Crippen LogP contribution in [-0.4, -0.2) is 0 Å². The molecule has 0 spiro atoms. The van der Waals surface area contributed by atoms with E-state index in [1.165, 1.54) is 89.0 Å². The Morgan fingerprint density at radius 1 is 0.530 bits per heavy atom. The third-order valence-electron chi connectivity index (χ3n) is 14.4. The van der Waals surface area contributed by atoms with Gasteiger partial charge in [0, 0.05) is 5.92 Å². The van der Waals surface area contributed by atoms with E-state index in [0.29, 0.717) is 0 Å². The van der Waals surface area contributed by atoms with E-state index in [1.807, 2.05) is 0 Å². The lowest BCUT2D eigenvalue weighted by Crippen LogP contribution is -2.31. The molecule has 0 radical (unpaired) electrons. The Hall–Kier alpha value is -7.54. The van der Waals surface area contributed by atoms with Crippen LogP contribution in [0.4, 0.5) is 0 Å². The highest BCUT2D eigenvalue weighted by Gasteiger charge is 2.47. The van der Waals surface area contributed by atoms with Crippen LogP contribution in [0.15, 0.2) is 248 Å². The number of hydrogen-bond acceptors (Lipinski definition) is 0. The van der Waals surface area contributed by atoms with Crippen molar-refractivity contribution in [1.29, 1.82) is 0 Å². The Balaban J connectivity index is 0.929. The lowest BCUT2D eigenvalue weighted by molar-refractivity contribution is 0.682. The first-order chi connectivity index (χ1) is 32.6. The highest BCUT2D eigenvalue weighted by atomic mass is 14.5. The van der Waals surface area contributed by atoms with Crippen molar-refractivity contribution in [3.8, 4) is 44.5 Å². The summed E-state index contributed by atoms with van der Waals surface area (Å²) in [4.78, 5) is 0. The van der Waals surface area contributed by atoms with Gasteiger partial charge in [0.1, 0.15) is 0 Å². The van der Waals surface area contributed by atoms with Gasteiger partial charge < -0.3 is 0 Å². The molecule has 11 rings (SSSR count). The van der Waals surface area contributed by atoms with Gasteiger partial charge in [0.05, 0.1) is 5.41 Å². The zero-order chi connectivity index (χ0) is 44.5. The van der Waals surface area contributed by atoms with Gasteiger partial charge in [-0.2, -0.15) is 0 Å². The second-order valence-corrected chi connectivity index (χ2v) is 18.3. The monoisotopic (exact) mass is 846 g/mol. The summed E-state index contributed by atoms with van der Waals surface area (Å²) in [6.45, 7) is 6.83. The van der Waals surface area contributed by atoms with Crippen LogP contribution in [-0.2, 0) is 11.8 Å². The average molecular weight is 847 g/mol. The van der Waals surface area contributed by atoms with Crippen molar-refractivity contribution in [2.24, 2.45) is 0 Å². The number of fused-ring (bicyclic) bond motifs is 3. The van der Waals surface area contributed by atoms with E-state index in [-0.39, 0.29) is 11.3 Å². The lowest BCUT2D eigenvalue weighted by Gasteiger charge is -2.38. The minimum absolute atomic E-state index is 0.198. The van der Waals surface area contributed by atoms with Gasteiger partial charge in [-0.25, -0.2) is 0 Å². The molecule has 66 heavy (non-hydrogen) atoms. The molecular formula is C66H54. The third-order valence-corrected chi connectivity index (χ3v) is 14.4. The van der Waals surface area contributed by atoms with Crippen LogP contribution < -0.4 is 0 Å². The summed E-state index contributed by atoms with van der Waals surface area (Å²) in [5, 5.41) is 0. The molecule has 0 fully saturated rings. The number of hydrogen-bond donors (Lipinski definition) is 0. The van der Waals surface area contributed by atoms with E-state index >= 15 is 0 Å². The summed E-state index contributed by atoms with van der Waals surface area (Å²) in [5.74, 6) is 0.198. The van der Waals surface area contributed by atoms with E-state index in [2.05, 4.69) is 244 Å². The van der Waals surface area contributed by atoms with Crippen molar-refractivity contribution in [2.75, 3.05) is 0 Å². The Bertz CT molecular complexity index is 3230. The van der Waals surface area contributed by atoms with Crippen LogP contribution >= 0.6 is 0 Å². The summed E-state index contributed by atoms with van der Waals surface area (Å²) in [5.41, 5.74) is 24.1. The molecule has 0 nitrogen and oxygen atoms in total. The maximum atomic E-state index is 4.64. The van der Waals surface area contributed by atoms with Crippen LogP contribution in [0.3, 0.4) is 0 Å². The SMILES string of the molecule is C=C(c1ccccc1)c1cc(-c2cccc(-c3ccc(C(Cc4ccc5c(c4)-c4ccccc4C5(C4=CCCC=C4)C4=CC=CCC4)c4ccccc4)cc3)c2)ccc1-c1ccccc1C. The summed E-state index contributed by atoms with van der Waals surface area (Å²) < 4.78 is 0. The Labute approximate surface area is 391 Å². The molecule has 0 aliphatic heterocycles. The first kappa shape index (κ1) is 41.2. The fraction of sp³-hybridized carbons (Fsp3) is 0.121. The van der Waals surface area contributed by atoms with Gasteiger partial charge in [-0.3, -0.25) is 0 Å². The summed E-state index contributed by atoms with van der Waals surface area (Å²) in [6.07, 6.45) is 19.6. The predicted octanol–water partition coefficient (Wildman–Crippen LogP) is 17.3. The maximum Gasteiger partial charge on any atom is 0.0673 e. The number of rotatable bonds is 11. The highest BCUT2D eigenvalue weighted by molar-refractivity contribution is 5.91. The molecule has 2 atom stereocenters. The maximum absolute atomic E-state index is 4.64. The van der Waals surface area contributed by atoms with E-state index in [1.54, 1.807) is 0 Å². The normalized spacial score (nSPS) is 16.5. The number of aryl methyl sites for hydroxylation is 1. The standard InChI is InChI=1S/C66H54/c1-46-20-15-16-31-58(46)59-40-39-55(45-61(59)47(2)49-21-7-3-8-22-49)54-26-19-25-53(44-54)50-35-37-52(38-36-50)62(51-23-9-4-10-24-51)42-48-34-41-65-63(43-48)60-32-17-18-33-64(60)66(65,56-27-11-5-12-28-56)57-29-13-6-14-30-57/h3-5,7-11,13,15-27,29-41,43-45,62H,2,6,12,14,28,42H2,1H3. The minimum atomic E-state index is -0.262. The largest absolute Gasteiger partial charge is 0.0905 e. The van der Waals surface area contributed by atoms with Crippen molar-refractivity contribution in [1.82, 2.24) is 0 Å². The van der Waals surface area contributed by atoms with Gasteiger partial charge in [0.25, 0.3) is 0 Å². The van der Waals surface area contributed by atoms with Gasteiger partial charge in [0.2, 0.25) is 0 Å². The fourth-order valence-corrected chi connectivity index (χ4v) is 11.1. The van der Waals surface area contributed by atoms with Crippen molar-refractivity contribution in [2.45, 2.75) is 50.4 Å². The second kappa shape index (κ2) is 17.8. The zero-order valence-corrected chi connectivity index (χ0v) is 37.8. The fourth-order valence-electron chi connectivity index (χ4n) is 11.1. The van der Waals surface area contributed by atoms with Gasteiger partial charge in [-0.15, -0.1) is 0 Å². The molecule has 8 aromatic carbocycles. The lowest BCUT2D eigenvalue weighted by atomic mass is 9.64. The molecule has 0 aromatic heterocycles. The first-order valence-corrected chi connectivity index (χ1v) is 23.7. The van der Waals surface area contributed by atoms with Gasteiger partial charge in [0.15, 0.2) is 0 Å². The molecule has 0 saturated carbocycles. The van der Waals surface area contributed by atoms with Crippen molar-refractivity contribution < 1.29 is 0 Å².